The molecule has 4 nitrogen and oxygen atoms in total. The van der Waals surface area contributed by atoms with E-state index in [0.29, 0.717) is 11.0 Å². The zero-order valence-electron chi connectivity index (χ0n) is 10.5. The van der Waals surface area contributed by atoms with Crippen LogP contribution in [0.3, 0.4) is 0 Å². The predicted molar refractivity (Wildman–Crippen MR) is 66.6 cm³/mol. The maximum absolute atomic E-state index is 9.08. The second-order valence-electron chi connectivity index (χ2n) is 5.39. The number of anilines is 1. The molecule has 0 bridgehead atoms. The van der Waals surface area contributed by atoms with Gasteiger partial charge in [-0.15, -0.1) is 5.10 Å². The van der Waals surface area contributed by atoms with Crippen LogP contribution in [0.5, 0.6) is 0 Å². The molecule has 0 aliphatic carbocycles. The first-order chi connectivity index (χ1) is 8.12. The highest BCUT2D eigenvalue weighted by Gasteiger charge is 2.24. The second-order valence-corrected chi connectivity index (χ2v) is 5.39. The van der Waals surface area contributed by atoms with Gasteiger partial charge in [0.2, 0.25) is 0 Å². The minimum absolute atomic E-state index is 0.393. The van der Waals surface area contributed by atoms with Crippen LogP contribution >= 0.6 is 0 Å². The van der Waals surface area contributed by atoms with Crippen LogP contribution in [0.2, 0.25) is 0 Å². The zero-order valence-corrected chi connectivity index (χ0v) is 10.5. The van der Waals surface area contributed by atoms with Crippen LogP contribution in [0.1, 0.15) is 38.7 Å². The van der Waals surface area contributed by atoms with Gasteiger partial charge < -0.3 is 4.90 Å². The van der Waals surface area contributed by atoms with Crippen molar-refractivity contribution >= 4 is 5.82 Å². The lowest BCUT2D eigenvalue weighted by Gasteiger charge is -2.24. The first-order valence-electron chi connectivity index (χ1n) is 6.09. The standard InChI is InChI=1S/C13H18N4/c1-13(2)5-3-8-17(9-6-13)12-11(10-14)4-7-15-16-12/h4,7H,3,5-6,8-9H2,1-2H3. The summed E-state index contributed by atoms with van der Waals surface area (Å²) in [5, 5.41) is 17.1. The first-order valence-corrected chi connectivity index (χ1v) is 6.09. The summed E-state index contributed by atoms with van der Waals surface area (Å²) in [5.41, 5.74) is 1.02. The fourth-order valence-corrected chi connectivity index (χ4v) is 2.28. The summed E-state index contributed by atoms with van der Waals surface area (Å²) in [6, 6.07) is 3.92. The fraction of sp³-hybridized carbons (Fsp3) is 0.615. The van der Waals surface area contributed by atoms with E-state index in [1.807, 2.05) is 0 Å². The van der Waals surface area contributed by atoms with Crippen LogP contribution in [0.25, 0.3) is 0 Å². The minimum atomic E-state index is 0.393. The molecule has 1 aromatic heterocycles. The van der Waals surface area contributed by atoms with Gasteiger partial charge in [-0.25, -0.2) is 0 Å². The Kier molecular flexibility index (Phi) is 3.28. The molecule has 17 heavy (non-hydrogen) atoms. The van der Waals surface area contributed by atoms with Crippen molar-refractivity contribution in [3.63, 3.8) is 0 Å². The number of hydrogen-bond acceptors (Lipinski definition) is 4. The summed E-state index contributed by atoms with van der Waals surface area (Å²) >= 11 is 0. The Hall–Kier alpha value is -1.63. The van der Waals surface area contributed by atoms with Gasteiger partial charge >= 0.3 is 0 Å². The highest BCUT2D eigenvalue weighted by atomic mass is 15.3. The van der Waals surface area contributed by atoms with Gasteiger partial charge in [-0.05, 0) is 30.7 Å². The van der Waals surface area contributed by atoms with E-state index in [1.54, 1.807) is 12.3 Å². The average Bonchev–Trinajstić information content (AvgIpc) is 2.50. The molecule has 1 saturated heterocycles. The maximum Gasteiger partial charge on any atom is 0.169 e. The van der Waals surface area contributed by atoms with E-state index in [1.165, 1.54) is 6.42 Å². The summed E-state index contributed by atoms with van der Waals surface area (Å²) < 4.78 is 0. The molecular weight excluding hydrogens is 212 g/mol. The molecule has 0 saturated carbocycles. The second kappa shape index (κ2) is 4.70. The van der Waals surface area contributed by atoms with E-state index >= 15 is 0 Å². The van der Waals surface area contributed by atoms with Crippen LogP contribution in [0, 0.1) is 16.7 Å². The molecule has 1 aliphatic rings. The molecule has 2 rings (SSSR count). The Morgan fingerprint density at radius 2 is 2.18 bits per heavy atom. The van der Waals surface area contributed by atoms with Crippen LogP contribution in [-0.2, 0) is 0 Å². The summed E-state index contributed by atoms with van der Waals surface area (Å²) in [7, 11) is 0. The Morgan fingerprint density at radius 3 is 2.94 bits per heavy atom. The van der Waals surface area contributed by atoms with Crippen LogP contribution in [0.15, 0.2) is 12.3 Å². The van der Waals surface area contributed by atoms with Crippen molar-refractivity contribution < 1.29 is 0 Å². The molecule has 0 aromatic carbocycles. The lowest BCUT2D eigenvalue weighted by atomic mass is 9.85. The Morgan fingerprint density at radius 1 is 1.35 bits per heavy atom. The quantitative estimate of drug-likeness (QED) is 0.743. The van der Waals surface area contributed by atoms with Gasteiger partial charge in [0.05, 0.1) is 11.8 Å². The molecule has 0 unspecified atom stereocenters. The maximum atomic E-state index is 9.08. The number of aromatic nitrogens is 2. The van der Waals surface area contributed by atoms with Gasteiger partial charge in [-0.1, -0.05) is 13.8 Å². The smallest absolute Gasteiger partial charge is 0.169 e. The topological polar surface area (TPSA) is 52.8 Å². The van der Waals surface area contributed by atoms with Gasteiger partial charge in [0.25, 0.3) is 0 Å². The molecule has 2 heterocycles. The molecule has 1 aliphatic heterocycles. The highest BCUT2D eigenvalue weighted by Crippen LogP contribution is 2.31. The molecule has 0 N–H and O–H groups in total. The number of rotatable bonds is 1. The normalized spacial score (nSPS) is 19.5. The molecule has 1 aromatic rings. The lowest BCUT2D eigenvalue weighted by Crippen LogP contribution is -2.27. The Balaban J connectivity index is 2.20. The average molecular weight is 230 g/mol. The van der Waals surface area contributed by atoms with Crippen molar-refractivity contribution in [2.24, 2.45) is 5.41 Å². The van der Waals surface area contributed by atoms with Crippen LogP contribution < -0.4 is 4.90 Å². The van der Waals surface area contributed by atoms with Crippen molar-refractivity contribution in [1.82, 2.24) is 10.2 Å². The third-order valence-electron chi connectivity index (χ3n) is 3.46. The number of nitrogens with zero attached hydrogens (tertiary/aromatic N) is 4. The molecule has 0 atom stereocenters. The summed E-state index contributed by atoms with van der Waals surface area (Å²) in [6.45, 7) is 6.54. The van der Waals surface area contributed by atoms with Gasteiger partial charge in [-0.3, -0.25) is 0 Å². The first kappa shape index (κ1) is 11.8. The van der Waals surface area contributed by atoms with Gasteiger partial charge in [-0.2, -0.15) is 10.4 Å². The summed E-state index contributed by atoms with van der Waals surface area (Å²) in [5.74, 6) is 0.743. The van der Waals surface area contributed by atoms with E-state index in [0.717, 1.165) is 31.7 Å². The lowest BCUT2D eigenvalue weighted by molar-refractivity contribution is 0.325. The van der Waals surface area contributed by atoms with Crippen molar-refractivity contribution in [1.29, 1.82) is 5.26 Å². The van der Waals surface area contributed by atoms with E-state index in [4.69, 9.17) is 5.26 Å². The van der Waals surface area contributed by atoms with E-state index in [2.05, 4.69) is 35.0 Å². The summed E-state index contributed by atoms with van der Waals surface area (Å²) in [6.07, 6.45) is 5.08. The van der Waals surface area contributed by atoms with Crippen LogP contribution in [-0.4, -0.2) is 23.3 Å². The third kappa shape index (κ3) is 2.73. The van der Waals surface area contributed by atoms with Crippen molar-refractivity contribution in [2.75, 3.05) is 18.0 Å². The SMILES string of the molecule is CC1(C)CCCN(c2nnccc2C#N)CC1. The fourth-order valence-electron chi connectivity index (χ4n) is 2.28. The molecular formula is C13H18N4. The highest BCUT2D eigenvalue weighted by molar-refractivity contribution is 5.52. The molecule has 0 amide bonds. The molecule has 4 heteroatoms. The van der Waals surface area contributed by atoms with Gasteiger partial charge in [0, 0.05) is 13.1 Å². The Bertz CT molecular complexity index is 433. The van der Waals surface area contributed by atoms with E-state index < -0.39 is 0 Å². The zero-order chi connectivity index (χ0) is 12.3. The van der Waals surface area contributed by atoms with Crippen molar-refractivity contribution in [3.05, 3.63) is 17.8 Å². The number of nitriles is 1. The molecule has 1 fully saturated rings. The third-order valence-corrected chi connectivity index (χ3v) is 3.46. The summed E-state index contributed by atoms with van der Waals surface area (Å²) in [4.78, 5) is 2.19. The number of hydrogen-bond donors (Lipinski definition) is 0. The minimum Gasteiger partial charge on any atom is -0.354 e. The van der Waals surface area contributed by atoms with Crippen LogP contribution in [0.4, 0.5) is 5.82 Å². The predicted octanol–water partition coefficient (Wildman–Crippen LogP) is 2.36. The van der Waals surface area contributed by atoms with E-state index in [9.17, 15) is 0 Å². The van der Waals surface area contributed by atoms with Gasteiger partial charge in [0.1, 0.15) is 6.07 Å². The monoisotopic (exact) mass is 230 g/mol. The Labute approximate surface area is 102 Å². The van der Waals surface area contributed by atoms with Crippen molar-refractivity contribution in [3.8, 4) is 6.07 Å². The molecule has 0 spiro atoms. The molecule has 90 valence electrons. The van der Waals surface area contributed by atoms with Crippen molar-refractivity contribution in [2.45, 2.75) is 33.1 Å². The largest absolute Gasteiger partial charge is 0.354 e. The van der Waals surface area contributed by atoms with Gasteiger partial charge in [0.15, 0.2) is 5.82 Å². The van der Waals surface area contributed by atoms with E-state index in [-0.39, 0.29) is 0 Å². The molecule has 0 radical (unpaired) electrons.